The second kappa shape index (κ2) is 6.73. The Balaban J connectivity index is 1.73. The van der Waals surface area contributed by atoms with Crippen LogP contribution in [0.1, 0.15) is 5.56 Å². The Bertz CT molecular complexity index is 731. The summed E-state index contributed by atoms with van der Waals surface area (Å²) in [5.74, 6) is -0.0439. The van der Waals surface area contributed by atoms with Crippen molar-refractivity contribution in [1.29, 1.82) is 0 Å². The number of amides is 1. The molecule has 1 heterocycles. The van der Waals surface area contributed by atoms with Crippen molar-refractivity contribution < 1.29 is 4.79 Å². The Morgan fingerprint density at radius 3 is 2.55 bits per heavy atom. The number of aliphatic imine (C=N–C) groups is 1. The second-order valence-electron chi connectivity index (χ2n) is 4.78. The Kier molecular flexibility index (Phi) is 4.71. The maximum Gasteiger partial charge on any atom is 0.239 e. The molecule has 1 fully saturated rings. The summed E-state index contributed by atoms with van der Waals surface area (Å²) in [4.78, 5) is 16.5. The molecule has 1 N–H and O–H groups in total. The number of benzene rings is 2. The monoisotopic (exact) mass is 350 g/mol. The van der Waals surface area contributed by atoms with E-state index in [0.717, 1.165) is 11.3 Å². The minimum absolute atomic E-state index is 0.0439. The predicted octanol–water partition coefficient (Wildman–Crippen LogP) is 4.46. The highest BCUT2D eigenvalue weighted by Gasteiger charge is 2.30. The van der Waals surface area contributed by atoms with E-state index in [4.69, 9.17) is 23.2 Å². The molecule has 6 heteroatoms. The van der Waals surface area contributed by atoms with E-state index in [1.54, 1.807) is 12.1 Å². The molecule has 2 aromatic carbocycles. The molecule has 0 saturated carbocycles. The molecule has 3 nitrogen and oxygen atoms in total. The average molecular weight is 351 g/mol. The van der Waals surface area contributed by atoms with E-state index >= 15 is 0 Å². The van der Waals surface area contributed by atoms with Gasteiger partial charge in [0, 0.05) is 10.0 Å². The highest BCUT2D eigenvalue weighted by Crippen LogP contribution is 2.28. The second-order valence-corrected chi connectivity index (χ2v) is 6.82. The number of thioether (sulfide) groups is 1. The van der Waals surface area contributed by atoms with E-state index in [-0.39, 0.29) is 11.2 Å². The third kappa shape index (κ3) is 3.64. The topological polar surface area (TPSA) is 41.5 Å². The van der Waals surface area contributed by atoms with Crippen LogP contribution in [0.5, 0.6) is 0 Å². The SMILES string of the molecule is O=C1NC(=Nc2ccc(Cl)cc2)SC1Cc1ccccc1Cl. The number of hydrogen-bond acceptors (Lipinski definition) is 3. The van der Waals surface area contributed by atoms with E-state index in [1.165, 1.54) is 11.8 Å². The van der Waals surface area contributed by atoms with E-state index in [9.17, 15) is 4.79 Å². The summed E-state index contributed by atoms with van der Waals surface area (Å²) in [6.45, 7) is 0. The third-order valence-electron chi connectivity index (χ3n) is 3.20. The number of rotatable bonds is 3. The van der Waals surface area contributed by atoms with Gasteiger partial charge in [0.25, 0.3) is 0 Å². The Hall–Kier alpha value is -1.49. The van der Waals surface area contributed by atoms with Crippen molar-refractivity contribution >= 4 is 51.7 Å². The van der Waals surface area contributed by atoms with Gasteiger partial charge in [0.05, 0.1) is 10.9 Å². The van der Waals surface area contributed by atoms with E-state index in [2.05, 4.69) is 10.3 Å². The minimum Gasteiger partial charge on any atom is -0.304 e. The zero-order valence-electron chi connectivity index (χ0n) is 11.4. The molecule has 1 aliphatic rings. The number of nitrogens with one attached hydrogen (secondary N) is 1. The first-order valence-electron chi connectivity index (χ1n) is 6.67. The summed E-state index contributed by atoms with van der Waals surface area (Å²) in [5.41, 5.74) is 1.72. The number of halogens is 2. The molecule has 0 aliphatic carbocycles. The lowest BCUT2D eigenvalue weighted by atomic mass is 10.1. The zero-order valence-corrected chi connectivity index (χ0v) is 13.8. The molecule has 1 aliphatic heterocycles. The van der Waals surface area contributed by atoms with Gasteiger partial charge in [-0.15, -0.1) is 0 Å². The van der Waals surface area contributed by atoms with Crippen molar-refractivity contribution in [2.24, 2.45) is 4.99 Å². The maximum atomic E-state index is 12.1. The molecule has 1 saturated heterocycles. The standard InChI is InChI=1S/C16H12Cl2N2OS/c17-11-5-7-12(8-6-11)19-16-20-15(21)14(22-16)9-10-3-1-2-4-13(10)18/h1-8,14H,9H2,(H,19,20,21). The van der Waals surface area contributed by atoms with Crippen molar-refractivity contribution in [2.45, 2.75) is 11.7 Å². The minimum atomic E-state index is -0.217. The fraction of sp³-hybridized carbons (Fsp3) is 0.125. The van der Waals surface area contributed by atoms with Crippen LogP contribution in [0.4, 0.5) is 5.69 Å². The molecule has 0 aromatic heterocycles. The van der Waals surface area contributed by atoms with Crippen LogP contribution in [0.25, 0.3) is 0 Å². The van der Waals surface area contributed by atoms with Gasteiger partial charge in [0.2, 0.25) is 5.91 Å². The quantitative estimate of drug-likeness (QED) is 0.887. The Morgan fingerprint density at radius 2 is 1.82 bits per heavy atom. The summed E-state index contributed by atoms with van der Waals surface area (Å²) in [5, 5.41) is 4.53. The molecular weight excluding hydrogens is 339 g/mol. The number of amidine groups is 1. The molecule has 0 spiro atoms. The first-order valence-corrected chi connectivity index (χ1v) is 8.30. The molecule has 1 unspecified atom stereocenters. The van der Waals surface area contributed by atoms with Crippen LogP contribution in [0.2, 0.25) is 10.0 Å². The summed E-state index contributed by atoms with van der Waals surface area (Å²) in [6.07, 6.45) is 0.579. The van der Waals surface area contributed by atoms with Gasteiger partial charge in [-0.3, -0.25) is 4.79 Å². The zero-order chi connectivity index (χ0) is 15.5. The Morgan fingerprint density at radius 1 is 1.09 bits per heavy atom. The van der Waals surface area contributed by atoms with Gasteiger partial charge in [-0.05, 0) is 42.3 Å². The first-order chi connectivity index (χ1) is 10.6. The fourth-order valence-corrected chi connectivity index (χ4v) is 3.44. The normalized spacial score (nSPS) is 19.5. The smallest absolute Gasteiger partial charge is 0.239 e. The number of nitrogens with zero attached hydrogens (tertiary/aromatic N) is 1. The van der Waals surface area contributed by atoms with Crippen LogP contribution in [0.15, 0.2) is 53.5 Å². The van der Waals surface area contributed by atoms with Gasteiger partial charge in [0.15, 0.2) is 5.17 Å². The van der Waals surface area contributed by atoms with Crippen LogP contribution >= 0.6 is 35.0 Å². The third-order valence-corrected chi connectivity index (χ3v) is 4.90. The molecule has 2 aromatic rings. The molecule has 1 amide bonds. The van der Waals surface area contributed by atoms with E-state index in [1.807, 2.05) is 36.4 Å². The summed E-state index contributed by atoms with van der Waals surface area (Å²) in [6, 6.07) is 14.7. The van der Waals surface area contributed by atoms with Crippen LogP contribution in [0, 0.1) is 0 Å². The van der Waals surface area contributed by atoms with Gasteiger partial charge < -0.3 is 5.32 Å². The largest absolute Gasteiger partial charge is 0.304 e. The summed E-state index contributed by atoms with van der Waals surface area (Å²) < 4.78 is 0. The first kappa shape index (κ1) is 15.4. The molecular formula is C16H12Cl2N2OS. The van der Waals surface area contributed by atoms with Crippen molar-refractivity contribution in [1.82, 2.24) is 5.32 Å². The number of carbonyl (C=O) groups excluding carboxylic acids is 1. The van der Waals surface area contributed by atoms with Gasteiger partial charge in [-0.1, -0.05) is 53.2 Å². The fourth-order valence-electron chi connectivity index (χ4n) is 2.09. The van der Waals surface area contributed by atoms with Crippen LogP contribution in [0.3, 0.4) is 0 Å². The summed E-state index contributed by atoms with van der Waals surface area (Å²) >= 11 is 13.4. The molecule has 0 bridgehead atoms. The lowest BCUT2D eigenvalue weighted by Gasteiger charge is -2.06. The molecule has 1 atom stereocenters. The van der Waals surface area contributed by atoms with E-state index < -0.39 is 0 Å². The highest BCUT2D eigenvalue weighted by molar-refractivity contribution is 8.15. The van der Waals surface area contributed by atoms with Crippen molar-refractivity contribution in [3.63, 3.8) is 0 Å². The predicted molar refractivity (Wildman–Crippen MR) is 93.2 cm³/mol. The lowest BCUT2D eigenvalue weighted by molar-refractivity contribution is -0.118. The maximum absolute atomic E-state index is 12.1. The van der Waals surface area contributed by atoms with Crippen LogP contribution in [-0.4, -0.2) is 16.3 Å². The lowest BCUT2D eigenvalue weighted by Crippen LogP contribution is -2.26. The Labute approximate surface area is 142 Å². The van der Waals surface area contributed by atoms with Gasteiger partial charge >= 0.3 is 0 Å². The van der Waals surface area contributed by atoms with Gasteiger partial charge in [0.1, 0.15) is 0 Å². The van der Waals surface area contributed by atoms with Crippen molar-refractivity contribution in [3.8, 4) is 0 Å². The number of carbonyl (C=O) groups is 1. The van der Waals surface area contributed by atoms with Gasteiger partial charge in [-0.2, -0.15) is 0 Å². The average Bonchev–Trinajstić information content (AvgIpc) is 2.84. The molecule has 0 radical (unpaired) electrons. The highest BCUT2D eigenvalue weighted by atomic mass is 35.5. The van der Waals surface area contributed by atoms with E-state index in [0.29, 0.717) is 21.6 Å². The summed E-state index contributed by atoms with van der Waals surface area (Å²) in [7, 11) is 0. The van der Waals surface area contributed by atoms with Gasteiger partial charge in [-0.25, -0.2) is 4.99 Å². The van der Waals surface area contributed by atoms with Crippen LogP contribution < -0.4 is 5.32 Å². The molecule has 112 valence electrons. The van der Waals surface area contributed by atoms with Crippen molar-refractivity contribution in [3.05, 3.63) is 64.1 Å². The van der Waals surface area contributed by atoms with Crippen LogP contribution in [-0.2, 0) is 11.2 Å². The number of hydrogen-bond donors (Lipinski definition) is 1. The molecule has 22 heavy (non-hydrogen) atoms. The molecule has 3 rings (SSSR count). The van der Waals surface area contributed by atoms with Crippen molar-refractivity contribution in [2.75, 3.05) is 0 Å².